The van der Waals surface area contributed by atoms with Gasteiger partial charge in [0, 0.05) is 73.8 Å². The summed E-state index contributed by atoms with van der Waals surface area (Å²) in [5.74, 6) is 1.75. The van der Waals surface area contributed by atoms with Crippen LogP contribution in [0.1, 0.15) is 69.6 Å². The number of fused-ring (bicyclic) bond motifs is 2. The maximum absolute atomic E-state index is 13.2. The number of hydrogen-bond acceptors (Lipinski definition) is 9. The fourth-order valence-electron chi connectivity index (χ4n) is 7.32. The topological polar surface area (TPSA) is 95.0 Å². The summed E-state index contributed by atoms with van der Waals surface area (Å²) >= 11 is 7.51. The lowest BCUT2D eigenvalue weighted by molar-refractivity contribution is 0.0600. The second-order valence-corrected chi connectivity index (χ2v) is 14.9. The summed E-state index contributed by atoms with van der Waals surface area (Å²) in [5, 5.41) is 1.70. The van der Waals surface area contributed by atoms with Crippen LogP contribution in [0.2, 0.25) is 0 Å². The average Bonchev–Trinajstić information content (AvgIpc) is 3.58. The van der Waals surface area contributed by atoms with E-state index < -0.39 is 0 Å². The summed E-state index contributed by atoms with van der Waals surface area (Å²) in [4.78, 5) is 52.1. The quantitative estimate of drug-likeness (QED) is 0.127. The zero-order chi connectivity index (χ0) is 34.6. The van der Waals surface area contributed by atoms with Crippen LogP contribution < -0.4 is 9.47 Å². The van der Waals surface area contributed by atoms with Gasteiger partial charge in [-0.15, -0.1) is 0 Å². The number of carbonyl (C=O) groups is 3. The fourth-order valence-corrected chi connectivity index (χ4v) is 8.64. The smallest absolute Gasteiger partial charge is 0.261 e. The number of methoxy groups -OCH3 is 1. The van der Waals surface area contributed by atoms with E-state index in [0.717, 1.165) is 98.6 Å². The van der Waals surface area contributed by atoms with Crippen LogP contribution in [0.25, 0.3) is 10.8 Å². The Morgan fingerprint density at radius 3 is 2.36 bits per heavy atom. The van der Waals surface area contributed by atoms with E-state index in [2.05, 4.69) is 14.8 Å². The Bertz CT molecular complexity index is 1770. The summed E-state index contributed by atoms with van der Waals surface area (Å²) in [6.07, 6.45) is 7.55. The first-order chi connectivity index (χ1) is 24.4. The molecular formula is C38H43N5O5S2. The van der Waals surface area contributed by atoms with Crippen LogP contribution >= 0.6 is 24.0 Å². The number of hydrogen-bond donors (Lipinski definition) is 0. The molecular weight excluding hydrogens is 671 g/mol. The molecule has 2 fully saturated rings. The standard InChI is InChI=1S/C38H43N5O5S2/c1-47-32-23-30-31(39-25-27-11-7-15-42(27)37(30)46)24-33(32)48-21-3-2-4-22-50-38(49)41-19-17-40(18-20-41)14-8-16-43-35(44)28-12-5-9-26-10-6-13-29(34(26)28)36(43)45/h5-6,9-10,12-13,23-25,27H,2-4,7-8,11,14-22H2,1H3/t27-/m0/s1. The Hall–Kier alpha value is -4.00. The van der Waals surface area contributed by atoms with E-state index in [1.54, 1.807) is 24.9 Å². The van der Waals surface area contributed by atoms with E-state index in [4.69, 9.17) is 21.7 Å². The fraction of sp³-hybridized carbons (Fsp3) is 0.447. The molecule has 3 aromatic rings. The van der Waals surface area contributed by atoms with Gasteiger partial charge in [0.25, 0.3) is 17.7 Å². The molecule has 10 nitrogen and oxygen atoms in total. The summed E-state index contributed by atoms with van der Waals surface area (Å²) < 4.78 is 12.6. The lowest BCUT2D eigenvalue weighted by Gasteiger charge is -2.36. The molecule has 0 aliphatic carbocycles. The zero-order valence-corrected chi connectivity index (χ0v) is 30.1. The molecule has 12 heteroatoms. The maximum atomic E-state index is 13.2. The highest BCUT2D eigenvalue weighted by Crippen LogP contribution is 2.38. The number of imide groups is 1. The van der Waals surface area contributed by atoms with E-state index >= 15 is 0 Å². The molecule has 3 amide bonds. The summed E-state index contributed by atoms with van der Waals surface area (Å²) in [7, 11) is 1.60. The van der Waals surface area contributed by atoms with Gasteiger partial charge in [0.1, 0.15) is 4.32 Å². The molecule has 0 radical (unpaired) electrons. The van der Waals surface area contributed by atoms with Crippen LogP contribution in [0.5, 0.6) is 11.5 Å². The van der Waals surface area contributed by atoms with Crippen molar-refractivity contribution in [1.29, 1.82) is 0 Å². The second kappa shape index (κ2) is 15.5. The van der Waals surface area contributed by atoms with E-state index in [1.165, 1.54) is 4.90 Å². The van der Waals surface area contributed by atoms with Gasteiger partial charge in [-0.1, -0.05) is 48.2 Å². The minimum atomic E-state index is -0.196. The monoisotopic (exact) mass is 713 g/mol. The summed E-state index contributed by atoms with van der Waals surface area (Å²) in [5.41, 5.74) is 2.43. The minimum absolute atomic E-state index is 0.00777. The molecule has 4 aliphatic rings. The van der Waals surface area contributed by atoms with E-state index in [-0.39, 0.29) is 23.8 Å². The van der Waals surface area contributed by atoms with E-state index in [9.17, 15) is 14.4 Å². The second-order valence-electron chi connectivity index (χ2n) is 13.2. The van der Waals surface area contributed by atoms with Crippen molar-refractivity contribution < 1.29 is 23.9 Å². The van der Waals surface area contributed by atoms with Crippen molar-refractivity contribution in [2.45, 2.75) is 44.6 Å². The summed E-state index contributed by atoms with van der Waals surface area (Å²) in [6, 6.07) is 15.0. The first kappa shape index (κ1) is 34.4. The molecule has 0 aromatic heterocycles. The van der Waals surface area contributed by atoms with Crippen molar-refractivity contribution in [3.63, 3.8) is 0 Å². The van der Waals surface area contributed by atoms with Crippen molar-refractivity contribution in [1.82, 2.24) is 19.6 Å². The number of nitrogens with zero attached hydrogens (tertiary/aromatic N) is 5. The molecule has 50 heavy (non-hydrogen) atoms. The molecule has 0 bridgehead atoms. The first-order valence-electron chi connectivity index (χ1n) is 17.6. The first-order valence-corrected chi connectivity index (χ1v) is 19.0. The minimum Gasteiger partial charge on any atom is -0.493 e. The predicted octanol–water partition coefficient (Wildman–Crippen LogP) is 6.04. The van der Waals surface area contributed by atoms with Crippen LogP contribution in [0.3, 0.4) is 0 Å². The molecule has 4 aliphatic heterocycles. The highest BCUT2D eigenvalue weighted by Gasteiger charge is 2.34. The Morgan fingerprint density at radius 1 is 0.860 bits per heavy atom. The van der Waals surface area contributed by atoms with Gasteiger partial charge in [-0.3, -0.25) is 29.2 Å². The van der Waals surface area contributed by atoms with Crippen LogP contribution in [-0.4, -0.2) is 119 Å². The van der Waals surface area contributed by atoms with Crippen LogP contribution in [-0.2, 0) is 0 Å². The molecule has 4 heterocycles. The number of thioether (sulfide) groups is 1. The number of rotatable bonds is 12. The molecule has 0 N–H and O–H groups in total. The number of thiocarbonyl (C=S) groups is 1. The van der Waals surface area contributed by atoms with Gasteiger partial charge >= 0.3 is 0 Å². The van der Waals surface area contributed by atoms with Gasteiger partial charge in [0.15, 0.2) is 11.5 Å². The maximum Gasteiger partial charge on any atom is 0.261 e. The molecule has 0 saturated carbocycles. The Balaban J connectivity index is 0.783. The van der Waals surface area contributed by atoms with Gasteiger partial charge in [-0.05, 0) is 68.7 Å². The third kappa shape index (κ3) is 7.11. The van der Waals surface area contributed by atoms with E-state index in [0.29, 0.717) is 47.0 Å². The van der Waals surface area contributed by atoms with Crippen molar-refractivity contribution in [2.75, 3.05) is 65.3 Å². The Labute approximate surface area is 302 Å². The molecule has 7 rings (SSSR count). The highest BCUT2D eigenvalue weighted by molar-refractivity contribution is 8.22. The molecule has 3 aromatic carbocycles. The average molecular weight is 714 g/mol. The van der Waals surface area contributed by atoms with E-state index in [1.807, 2.05) is 53.6 Å². The number of amides is 3. The van der Waals surface area contributed by atoms with Crippen molar-refractivity contribution >= 4 is 68.7 Å². The number of aliphatic imine (C=N–C) groups is 1. The SMILES string of the molecule is COc1cc2c(cc1OCCCCCSC(=S)N1CCN(CCCN3C(=O)c4cccc5cccc(c45)C3=O)CC1)N=C[C@@H]1CCCN1C2=O. The van der Waals surface area contributed by atoms with Crippen molar-refractivity contribution in [2.24, 2.45) is 4.99 Å². The molecule has 262 valence electrons. The van der Waals surface area contributed by atoms with Crippen LogP contribution in [0, 0.1) is 0 Å². The number of carbonyl (C=O) groups excluding carboxylic acids is 3. The number of unbranched alkanes of at least 4 members (excludes halogenated alkanes) is 2. The Morgan fingerprint density at radius 2 is 1.62 bits per heavy atom. The molecule has 1 atom stereocenters. The van der Waals surface area contributed by atoms with Gasteiger partial charge in [0.05, 0.1) is 31.0 Å². The van der Waals surface area contributed by atoms with Crippen molar-refractivity contribution in [3.8, 4) is 11.5 Å². The van der Waals surface area contributed by atoms with Crippen LogP contribution in [0.4, 0.5) is 5.69 Å². The third-order valence-corrected chi connectivity index (χ3v) is 11.7. The summed E-state index contributed by atoms with van der Waals surface area (Å²) in [6.45, 7) is 6.15. The zero-order valence-electron chi connectivity index (χ0n) is 28.5. The molecule has 0 unspecified atom stereocenters. The van der Waals surface area contributed by atoms with Crippen molar-refractivity contribution in [3.05, 3.63) is 65.2 Å². The van der Waals surface area contributed by atoms with Gasteiger partial charge < -0.3 is 19.3 Å². The highest BCUT2D eigenvalue weighted by atomic mass is 32.2. The number of ether oxygens (including phenoxy) is 2. The largest absolute Gasteiger partial charge is 0.493 e. The lowest BCUT2D eigenvalue weighted by atomic mass is 9.94. The third-order valence-electron chi connectivity index (χ3n) is 10.1. The van der Waals surface area contributed by atoms with Gasteiger partial charge in [-0.2, -0.15) is 0 Å². The normalized spacial score (nSPS) is 18.8. The van der Waals surface area contributed by atoms with Gasteiger partial charge in [-0.25, -0.2) is 0 Å². The number of piperazine rings is 1. The van der Waals surface area contributed by atoms with Crippen LogP contribution in [0.15, 0.2) is 53.5 Å². The molecule has 0 spiro atoms. The van der Waals surface area contributed by atoms with Gasteiger partial charge in [0.2, 0.25) is 0 Å². The predicted molar refractivity (Wildman–Crippen MR) is 202 cm³/mol. The molecule has 2 saturated heterocycles. The lowest BCUT2D eigenvalue weighted by Crippen LogP contribution is -2.48. The Kier molecular flexibility index (Phi) is 10.7. The number of benzene rings is 3.